The average molecular weight is 372 g/mol. The molecule has 5 nitrogen and oxygen atoms in total. The Balaban J connectivity index is 1.93. The first-order chi connectivity index (χ1) is 13.3. The van der Waals surface area contributed by atoms with Crippen LogP contribution in [0.5, 0.6) is 0 Å². The van der Waals surface area contributed by atoms with Crippen LogP contribution in [0.15, 0.2) is 60.7 Å². The van der Waals surface area contributed by atoms with E-state index in [-0.39, 0.29) is 16.9 Å². The number of rotatable bonds is 3. The van der Waals surface area contributed by atoms with E-state index in [0.29, 0.717) is 18.4 Å². The number of nitro groups is 1. The molecule has 4 rings (SSSR count). The van der Waals surface area contributed by atoms with Crippen molar-refractivity contribution in [2.45, 2.75) is 26.7 Å². The molecule has 0 atom stereocenters. The molecule has 1 heterocycles. The Morgan fingerprint density at radius 2 is 1.64 bits per heavy atom. The number of aromatic nitrogens is 1. The molecule has 2 aromatic carbocycles. The number of non-ortho nitro benzene ring substituents is 1. The van der Waals surface area contributed by atoms with Crippen LogP contribution in [0.1, 0.15) is 36.3 Å². The fourth-order valence-corrected chi connectivity index (χ4v) is 3.82. The van der Waals surface area contributed by atoms with Crippen LogP contribution in [0.4, 0.5) is 5.69 Å². The summed E-state index contributed by atoms with van der Waals surface area (Å²) < 4.78 is 0. The Hall–Kier alpha value is -3.34. The zero-order valence-electron chi connectivity index (χ0n) is 15.8. The summed E-state index contributed by atoms with van der Waals surface area (Å²) in [6.45, 7) is 4.16. The zero-order valence-corrected chi connectivity index (χ0v) is 15.8. The number of pyridine rings is 1. The molecule has 0 saturated carbocycles. The lowest BCUT2D eigenvalue weighted by atomic mass is 9.74. The minimum Gasteiger partial charge on any atom is -0.294 e. The van der Waals surface area contributed by atoms with Gasteiger partial charge in [0.25, 0.3) is 5.69 Å². The number of carbonyl (C=O) groups is 1. The highest BCUT2D eigenvalue weighted by atomic mass is 16.6. The van der Waals surface area contributed by atoms with Crippen molar-refractivity contribution in [3.05, 3.63) is 82.0 Å². The molecule has 0 aliphatic heterocycles. The maximum atomic E-state index is 13.0. The normalized spacial score (nSPS) is 15.1. The minimum atomic E-state index is -0.422. The van der Waals surface area contributed by atoms with Crippen LogP contribution in [0.25, 0.3) is 22.4 Å². The van der Waals surface area contributed by atoms with Crippen molar-refractivity contribution in [2.24, 2.45) is 5.41 Å². The standard InChI is InChI=1S/C23H20N2O3/c1-23(2)13-20-22(21(26)14-23)18(15-8-10-17(11-9-15)25(27)28)12-19(24-20)16-6-4-3-5-7-16/h3-12H,13-14H2,1-2H3. The second-order valence-corrected chi connectivity index (χ2v) is 7.99. The predicted molar refractivity (Wildman–Crippen MR) is 108 cm³/mol. The lowest BCUT2D eigenvalue weighted by Gasteiger charge is -2.31. The fourth-order valence-electron chi connectivity index (χ4n) is 3.82. The Labute approximate surface area is 163 Å². The minimum absolute atomic E-state index is 0.0300. The average Bonchev–Trinajstić information content (AvgIpc) is 2.66. The van der Waals surface area contributed by atoms with Gasteiger partial charge in [0.2, 0.25) is 0 Å². The van der Waals surface area contributed by atoms with Gasteiger partial charge >= 0.3 is 0 Å². The molecular weight excluding hydrogens is 352 g/mol. The smallest absolute Gasteiger partial charge is 0.269 e. The maximum absolute atomic E-state index is 13.0. The van der Waals surface area contributed by atoms with Crippen molar-refractivity contribution in [2.75, 3.05) is 0 Å². The van der Waals surface area contributed by atoms with Crippen LogP contribution in [0.2, 0.25) is 0 Å². The number of carbonyl (C=O) groups excluding carboxylic acids is 1. The van der Waals surface area contributed by atoms with Crippen molar-refractivity contribution in [3.63, 3.8) is 0 Å². The lowest BCUT2D eigenvalue weighted by molar-refractivity contribution is -0.384. The molecule has 5 heteroatoms. The molecule has 0 bridgehead atoms. The predicted octanol–water partition coefficient (Wildman–Crippen LogP) is 5.48. The van der Waals surface area contributed by atoms with Gasteiger partial charge < -0.3 is 0 Å². The van der Waals surface area contributed by atoms with Crippen LogP contribution in [0.3, 0.4) is 0 Å². The third-order valence-corrected chi connectivity index (χ3v) is 5.12. The third-order valence-electron chi connectivity index (χ3n) is 5.12. The molecule has 3 aromatic rings. The number of fused-ring (bicyclic) bond motifs is 1. The monoisotopic (exact) mass is 372 g/mol. The highest BCUT2D eigenvalue weighted by Crippen LogP contribution is 2.40. The number of Topliss-reactive ketones (excluding diaryl/α,β-unsaturated/α-hetero) is 1. The number of hydrogen-bond acceptors (Lipinski definition) is 4. The molecule has 28 heavy (non-hydrogen) atoms. The first kappa shape index (κ1) is 18.0. The molecule has 0 amide bonds. The van der Waals surface area contributed by atoms with E-state index in [9.17, 15) is 14.9 Å². The van der Waals surface area contributed by atoms with Crippen molar-refractivity contribution in [3.8, 4) is 22.4 Å². The van der Waals surface area contributed by atoms with Gasteiger partial charge in [0.15, 0.2) is 5.78 Å². The van der Waals surface area contributed by atoms with Crippen LogP contribution < -0.4 is 0 Å². The molecule has 0 saturated heterocycles. The Morgan fingerprint density at radius 3 is 2.29 bits per heavy atom. The van der Waals surface area contributed by atoms with Crippen molar-refractivity contribution in [1.82, 2.24) is 4.98 Å². The number of nitro benzene ring substituents is 1. The van der Waals surface area contributed by atoms with E-state index in [4.69, 9.17) is 4.98 Å². The first-order valence-electron chi connectivity index (χ1n) is 9.21. The summed E-state index contributed by atoms with van der Waals surface area (Å²) in [7, 11) is 0. The SMILES string of the molecule is CC1(C)CC(=O)c2c(-c3ccc([N+](=O)[O-])cc3)cc(-c3ccccc3)nc2C1. The number of benzene rings is 2. The van der Waals surface area contributed by atoms with Crippen molar-refractivity contribution in [1.29, 1.82) is 0 Å². The topological polar surface area (TPSA) is 73.1 Å². The van der Waals surface area contributed by atoms with E-state index in [0.717, 1.165) is 28.1 Å². The highest BCUT2D eigenvalue weighted by Gasteiger charge is 2.34. The molecule has 0 unspecified atom stereocenters. The van der Waals surface area contributed by atoms with Crippen molar-refractivity contribution >= 4 is 11.5 Å². The van der Waals surface area contributed by atoms with Crippen LogP contribution in [-0.4, -0.2) is 15.7 Å². The fraction of sp³-hybridized carbons (Fsp3) is 0.217. The van der Waals surface area contributed by atoms with Gasteiger partial charge in [-0.05, 0) is 41.2 Å². The van der Waals surface area contributed by atoms with Gasteiger partial charge in [0, 0.05) is 29.7 Å². The van der Waals surface area contributed by atoms with Gasteiger partial charge in [-0.2, -0.15) is 0 Å². The molecule has 1 aliphatic carbocycles. The van der Waals surface area contributed by atoms with E-state index in [1.807, 2.05) is 36.4 Å². The summed E-state index contributed by atoms with van der Waals surface area (Å²) in [6, 6.07) is 18.1. The van der Waals surface area contributed by atoms with Crippen LogP contribution in [0, 0.1) is 15.5 Å². The quantitative estimate of drug-likeness (QED) is 0.451. The molecule has 140 valence electrons. The van der Waals surface area contributed by atoms with Crippen LogP contribution in [-0.2, 0) is 6.42 Å². The third kappa shape index (κ3) is 3.31. The van der Waals surface area contributed by atoms with Gasteiger partial charge in [-0.3, -0.25) is 19.9 Å². The Morgan fingerprint density at radius 1 is 0.964 bits per heavy atom. The summed E-state index contributed by atoms with van der Waals surface area (Å²) in [5.74, 6) is 0.0757. The summed E-state index contributed by atoms with van der Waals surface area (Å²) in [5, 5.41) is 11.0. The van der Waals surface area contributed by atoms with Crippen LogP contribution >= 0.6 is 0 Å². The largest absolute Gasteiger partial charge is 0.294 e. The number of nitrogens with zero attached hydrogens (tertiary/aromatic N) is 2. The summed E-state index contributed by atoms with van der Waals surface area (Å²) in [6.07, 6.45) is 1.18. The first-order valence-corrected chi connectivity index (χ1v) is 9.21. The van der Waals surface area contributed by atoms with E-state index in [2.05, 4.69) is 13.8 Å². The van der Waals surface area contributed by atoms with E-state index in [1.54, 1.807) is 12.1 Å². The molecule has 1 aliphatic rings. The molecule has 0 fully saturated rings. The molecule has 0 radical (unpaired) electrons. The molecular formula is C23H20N2O3. The van der Waals surface area contributed by atoms with E-state index < -0.39 is 4.92 Å². The van der Waals surface area contributed by atoms with Crippen molar-refractivity contribution < 1.29 is 9.72 Å². The highest BCUT2D eigenvalue weighted by molar-refractivity contribution is 6.05. The summed E-state index contributed by atoms with van der Waals surface area (Å²) in [4.78, 5) is 28.4. The zero-order chi connectivity index (χ0) is 19.9. The van der Waals surface area contributed by atoms with Gasteiger partial charge in [-0.25, -0.2) is 0 Å². The summed E-state index contributed by atoms with van der Waals surface area (Å²) >= 11 is 0. The van der Waals surface area contributed by atoms with Gasteiger partial charge in [-0.1, -0.05) is 44.2 Å². The number of ketones is 1. The molecule has 0 N–H and O–H groups in total. The van der Waals surface area contributed by atoms with E-state index >= 15 is 0 Å². The van der Waals surface area contributed by atoms with Gasteiger partial charge in [0.1, 0.15) is 0 Å². The number of hydrogen-bond donors (Lipinski definition) is 0. The lowest BCUT2D eigenvalue weighted by Crippen LogP contribution is -2.28. The second-order valence-electron chi connectivity index (χ2n) is 7.99. The van der Waals surface area contributed by atoms with E-state index in [1.165, 1.54) is 12.1 Å². The van der Waals surface area contributed by atoms with Gasteiger partial charge in [-0.15, -0.1) is 0 Å². The van der Waals surface area contributed by atoms with Gasteiger partial charge in [0.05, 0.1) is 16.3 Å². The Bertz CT molecular complexity index is 1070. The molecule has 0 spiro atoms. The maximum Gasteiger partial charge on any atom is 0.269 e. The summed E-state index contributed by atoms with van der Waals surface area (Å²) in [5.41, 5.74) is 4.70. The Kier molecular flexibility index (Phi) is 4.30. The second kappa shape index (κ2) is 6.68. The molecule has 1 aromatic heterocycles.